The number of rotatable bonds is 4. The summed E-state index contributed by atoms with van der Waals surface area (Å²) in [6.45, 7) is 1.83. The molecule has 152 valence electrons. The Labute approximate surface area is 172 Å². The van der Waals surface area contributed by atoms with Gasteiger partial charge in [-0.2, -0.15) is 0 Å². The number of aromatic hydroxyl groups is 3. The third kappa shape index (κ3) is 3.22. The van der Waals surface area contributed by atoms with Crippen molar-refractivity contribution in [2.75, 3.05) is 7.11 Å². The van der Waals surface area contributed by atoms with Crippen LogP contribution in [-0.2, 0) is 0 Å². The second-order valence-corrected chi connectivity index (χ2v) is 7.03. The van der Waals surface area contributed by atoms with Gasteiger partial charge in [0.05, 0.1) is 7.11 Å². The minimum atomic E-state index is -0.434. The highest BCUT2D eigenvalue weighted by molar-refractivity contribution is 5.90. The number of fused-ring (bicyclic) bond motifs is 1. The zero-order valence-corrected chi connectivity index (χ0v) is 16.4. The van der Waals surface area contributed by atoms with Crippen LogP contribution < -0.4 is 10.2 Å². The molecule has 1 aromatic heterocycles. The van der Waals surface area contributed by atoms with Crippen LogP contribution in [0.2, 0.25) is 0 Å². The molecule has 6 nitrogen and oxygen atoms in total. The molecule has 1 unspecified atom stereocenters. The fraction of sp³-hybridized carbons (Fsp3) is 0.125. The maximum absolute atomic E-state index is 12.8. The van der Waals surface area contributed by atoms with Gasteiger partial charge in [-0.3, -0.25) is 4.79 Å². The molecule has 0 radical (unpaired) electrons. The third-order valence-corrected chi connectivity index (χ3v) is 5.19. The molecule has 1 atom stereocenters. The molecule has 0 saturated carbocycles. The van der Waals surface area contributed by atoms with Crippen molar-refractivity contribution in [1.82, 2.24) is 0 Å². The Balaban J connectivity index is 1.99. The van der Waals surface area contributed by atoms with E-state index in [4.69, 9.17) is 9.15 Å². The Kier molecular flexibility index (Phi) is 4.83. The highest BCUT2D eigenvalue weighted by Gasteiger charge is 2.24. The summed E-state index contributed by atoms with van der Waals surface area (Å²) in [4.78, 5) is 12.8. The van der Waals surface area contributed by atoms with Gasteiger partial charge in [0, 0.05) is 29.2 Å². The summed E-state index contributed by atoms with van der Waals surface area (Å²) in [5.41, 5.74) is 1.47. The summed E-state index contributed by atoms with van der Waals surface area (Å²) in [6.07, 6.45) is 0. The number of phenolic OH excluding ortho intramolecular Hbond substituents is 3. The van der Waals surface area contributed by atoms with E-state index in [-0.39, 0.29) is 34.0 Å². The van der Waals surface area contributed by atoms with E-state index in [0.717, 1.165) is 11.6 Å². The van der Waals surface area contributed by atoms with Crippen LogP contribution in [0.15, 0.2) is 69.9 Å². The minimum Gasteiger partial charge on any atom is -0.507 e. The average Bonchev–Trinajstić information content (AvgIpc) is 2.74. The minimum absolute atomic E-state index is 0.0000689. The SMILES string of the molecule is COc1cc(C(C)c2c(O)cc(O)c3c(=O)cc(-c4ccccc4)oc23)ccc1O. The van der Waals surface area contributed by atoms with Crippen LogP contribution in [0.5, 0.6) is 23.0 Å². The molecule has 0 aliphatic heterocycles. The number of methoxy groups -OCH3 is 1. The first kappa shape index (κ1) is 19.4. The monoisotopic (exact) mass is 404 g/mol. The quantitative estimate of drug-likeness (QED) is 0.454. The van der Waals surface area contributed by atoms with Crippen molar-refractivity contribution in [1.29, 1.82) is 0 Å². The lowest BCUT2D eigenvalue weighted by Gasteiger charge is -2.18. The molecule has 1 heterocycles. The van der Waals surface area contributed by atoms with Crippen molar-refractivity contribution in [3.63, 3.8) is 0 Å². The van der Waals surface area contributed by atoms with Gasteiger partial charge in [0.1, 0.15) is 28.2 Å². The van der Waals surface area contributed by atoms with Crippen molar-refractivity contribution in [3.05, 3.63) is 82.0 Å². The topological polar surface area (TPSA) is 100 Å². The third-order valence-electron chi connectivity index (χ3n) is 5.19. The van der Waals surface area contributed by atoms with Crippen molar-refractivity contribution >= 4 is 11.0 Å². The molecule has 4 aromatic rings. The molecule has 0 spiro atoms. The van der Waals surface area contributed by atoms with Crippen LogP contribution in [-0.4, -0.2) is 22.4 Å². The number of ether oxygens (including phenoxy) is 1. The molecule has 3 N–H and O–H groups in total. The van der Waals surface area contributed by atoms with Gasteiger partial charge in [0.15, 0.2) is 16.9 Å². The van der Waals surface area contributed by atoms with E-state index >= 15 is 0 Å². The largest absolute Gasteiger partial charge is 0.507 e. The van der Waals surface area contributed by atoms with Crippen molar-refractivity contribution in [2.45, 2.75) is 12.8 Å². The number of benzene rings is 3. The van der Waals surface area contributed by atoms with Gasteiger partial charge in [-0.15, -0.1) is 0 Å². The fourth-order valence-electron chi connectivity index (χ4n) is 3.61. The van der Waals surface area contributed by atoms with E-state index in [1.54, 1.807) is 24.3 Å². The summed E-state index contributed by atoms with van der Waals surface area (Å²) in [7, 11) is 1.45. The van der Waals surface area contributed by atoms with Gasteiger partial charge in [0.2, 0.25) is 0 Å². The van der Waals surface area contributed by atoms with Crippen LogP contribution in [0.4, 0.5) is 0 Å². The molecule has 0 aliphatic carbocycles. The lowest BCUT2D eigenvalue weighted by Crippen LogP contribution is -2.05. The van der Waals surface area contributed by atoms with E-state index in [1.165, 1.54) is 19.2 Å². The smallest absolute Gasteiger partial charge is 0.197 e. The van der Waals surface area contributed by atoms with Gasteiger partial charge < -0.3 is 24.5 Å². The lowest BCUT2D eigenvalue weighted by atomic mass is 9.90. The number of phenols is 3. The van der Waals surface area contributed by atoms with Gasteiger partial charge in [-0.05, 0) is 17.7 Å². The average molecular weight is 404 g/mol. The molecular weight excluding hydrogens is 384 g/mol. The predicted octanol–water partition coefficient (Wildman–Crippen LogP) is 4.74. The molecule has 6 heteroatoms. The highest BCUT2D eigenvalue weighted by atomic mass is 16.5. The van der Waals surface area contributed by atoms with Crippen LogP contribution in [0.1, 0.15) is 24.0 Å². The lowest BCUT2D eigenvalue weighted by molar-refractivity contribution is 0.372. The number of hydrogen-bond acceptors (Lipinski definition) is 6. The van der Waals surface area contributed by atoms with E-state index < -0.39 is 11.3 Å². The predicted molar refractivity (Wildman–Crippen MR) is 113 cm³/mol. The van der Waals surface area contributed by atoms with E-state index in [0.29, 0.717) is 16.9 Å². The van der Waals surface area contributed by atoms with E-state index in [2.05, 4.69) is 0 Å². The van der Waals surface area contributed by atoms with Crippen LogP contribution >= 0.6 is 0 Å². The fourth-order valence-corrected chi connectivity index (χ4v) is 3.61. The normalized spacial score (nSPS) is 12.1. The molecule has 4 rings (SSSR count). The summed E-state index contributed by atoms with van der Waals surface area (Å²) in [6, 6.07) is 16.4. The number of hydrogen-bond donors (Lipinski definition) is 3. The van der Waals surface area contributed by atoms with Gasteiger partial charge in [0.25, 0.3) is 0 Å². The molecule has 0 fully saturated rings. The summed E-state index contributed by atoms with van der Waals surface area (Å²) >= 11 is 0. The molecular formula is C24H20O6. The van der Waals surface area contributed by atoms with E-state index in [1.807, 2.05) is 25.1 Å². The molecule has 3 aromatic carbocycles. The van der Waals surface area contributed by atoms with Crippen molar-refractivity contribution < 1.29 is 24.5 Å². The Morgan fingerprint density at radius 1 is 0.900 bits per heavy atom. The van der Waals surface area contributed by atoms with Gasteiger partial charge >= 0.3 is 0 Å². The Morgan fingerprint density at radius 3 is 2.33 bits per heavy atom. The molecule has 30 heavy (non-hydrogen) atoms. The zero-order valence-electron chi connectivity index (χ0n) is 16.4. The molecule has 0 amide bonds. The van der Waals surface area contributed by atoms with Crippen LogP contribution in [0.3, 0.4) is 0 Å². The zero-order chi connectivity index (χ0) is 21.4. The maximum atomic E-state index is 12.8. The van der Waals surface area contributed by atoms with Crippen molar-refractivity contribution in [2.24, 2.45) is 0 Å². The standard InChI is InChI=1S/C24H20O6/c1-13(15-8-9-16(25)21(10-15)29-2)22-17(26)11-18(27)23-19(28)12-20(30-24(22)23)14-6-4-3-5-7-14/h3-13,25-27H,1-2H3. The Morgan fingerprint density at radius 2 is 1.63 bits per heavy atom. The first-order valence-corrected chi connectivity index (χ1v) is 9.35. The van der Waals surface area contributed by atoms with Gasteiger partial charge in [-0.25, -0.2) is 0 Å². The second-order valence-electron chi connectivity index (χ2n) is 7.03. The Hall–Kier alpha value is -3.93. The van der Waals surface area contributed by atoms with Gasteiger partial charge in [-0.1, -0.05) is 43.3 Å². The first-order chi connectivity index (χ1) is 14.4. The summed E-state index contributed by atoms with van der Waals surface area (Å²) in [5, 5.41) is 30.9. The Bertz CT molecular complexity index is 1290. The first-order valence-electron chi connectivity index (χ1n) is 9.35. The van der Waals surface area contributed by atoms with Crippen LogP contribution in [0.25, 0.3) is 22.3 Å². The maximum Gasteiger partial charge on any atom is 0.197 e. The van der Waals surface area contributed by atoms with Crippen molar-refractivity contribution in [3.8, 4) is 34.3 Å². The molecule has 0 saturated heterocycles. The van der Waals surface area contributed by atoms with Crippen LogP contribution in [0, 0.1) is 0 Å². The van der Waals surface area contributed by atoms with E-state index in [9.17, 15) is 20.1 Å². The highest BCUT2D eigenvalue weighted by Crippen LogP contribution is 2.42. The summed E-state index contributed by atoms with van der Waals surface area (Å²) < 4.78 is 11.2. The molecule has 0 bridgehead atoms. The second kappa shape index (κ2) is 7.48. The molecule has 0 aliphatic rings. The summed E-state index contributed by atoms with van der Waals surface area (Å²) in [5.74, 6) is -0.380.